The number of anilines is 1. The van der Waals surface area contributed by atoms with Gasteiger partial charge in [-0.05, 0) is 19.9 Å². The van der Waals surface area contributed by atoms with Gasteiger partial charge >= 0.3 is 7.60 Å². The van der Waals surface area contributed by atoms with Gasteiger partial charge in [-0.15, -0.1) is 0 Å². The van der Waals surface area contributed by atoms with E-state index in [9.17, 15) is 19.5 Å². The summed E-state index contributed by atoms with van der Waals surface area (Å²) in [6.07, 6.45) is -0.903. The summed E-state index contributed by atoms with van der Waals surface area (Å²) in [5.41, 5.74) is -0.159. The monoisotopic (exact) mass is 387 g/mol. The van der Waals surface area contributed by atoms with Crippen molar-refractivity contribution in [2.45, 2.75) is 32.2 Å². The Labute approximate surface area is 151 Å². The van der Waals surface area contributed by atoms with E-state index in [4.69, 9.17) is 13.9 Å². The number of carbonyl (C=O) groups excluding carboxylic acids is 1. The van der Waals surface area contributed by atoms with Gasteiger partial charge in [0, 0.05) is 19.5 Å². The van der Waals surface area contributed by atoms with E-state index in [-0.39, 0.29) is 31.0 Å². The quantitative estimate of drug-likeness (QED) is 0.411. The first-order valence-corrected chi connectivity index (χ1v) is 9.76. The van der Waals surface area contributed by atoms with E-state index in [0.717, 1.165) is 0 Å². The Morgan fingerprint density at radius 3 is 2.58 bits per heavy atom. The zero-order valence-corrected chi connectivity index (χ0v) is 15.7. The standard InChI is InChI=1S/C15H22N3O7P/c1-4-23-26(22,24-5-2)14-10-13(25-17(14)3)15(19)16-11-8-6-7-9-12(11)18(20)21/h6-9,13-14H,4-5,10H2,1-3H3,(H,16,19)/t13-,14+/m1/s1. The molecule has 144 valence electrons. The molecule has 26 heavy (non-hydrogen) atoms. The van der Waals surface area contributed by atoms with Crippen LogP contribution in [0.4, 0.5) is 11.4 Å². The van der Waals surface area contributed by atoms with Crippen molar-refractivity contribution < 1.29 is 28.2 Å². The lowest BCUT2D eigenvalue weighted by Gasteiger charge is -2.25. The fourth-order valence-corrected chi connectivity index (χ4v) is 4.70. The Hall–Kier alpha value is -1.84. The lowest BCUT2D eigenvalue weighted by atomic mass is 10.2. The van der Waals surface area contributed by atoms with Crippen LogP contribution in [0.2, 0.25) is 0 Å². The molecular formula is C15H22N3O7P. The van der Waals surface area contributed by atoms with Gasteiger partial charge in [0.05, 0.1) is 18.1 Å². The van der Waals surface area contributed by atoms with Crippen LogP contribution in [-0.4, -0.2) is 48.0 Å². The molecule has 0 bridgehead atoms. The van der Waals surface area contributed by atoms with Crippen molar-refractivity contribution in [2.24, 2.45) is 0 Å². The molecule has 1 fully saturated rings. The van der Waals surface area contributed by atoms with Crippen LogP contribution in [0.25, 0.3) is 0 Å². The van der Waals surface area contributed by atoms with Crippen LogP contribution in [-0.2, 0) is 23.2 Å². The van der Waals surface area contributed by atoms with Gasteiger partial charge in [-0.25, -0.2) is 0 Å². The highest BCUT2D eigenvalue weighted by Gasteiger charge is 2.48. The highest BCUT2D eigenvalue weighted by molar-refractivity contribution is 7.54. The average molecular weight is 387 g/mol. The van der Waals surface area contributed by atoms with Crippen molar-refractivity contribution in [2.75, 3.05) is 25.6 Å². The maximum absolute atomic E-state index is 12.9. The summed E-state index contributed by atoms with van der Waals surface area (Å²) in [7, 11) is -1.96. The molecule has 1 aliphatic rings. The van der Waals surface area contributed by atoms with Crippen LogP contribution in [0.1, 0.15) is 20.3 Å². The van der Waals surface area contributed by atoms with Gasteiger partial charge in [-0.1, -0.05) is 12.1 Å². The third kappa shape index (κ3) is 4.46. The Morgan fingerprint density at radius 1 is 1.38 bits per heavy atom. The van der Waals surface area contributed by atoms with Crippen molar-refractivity contribution >= 4 is 24.9 Å². The minimum atomic E-state index is -3.50. The van der Waals surface area contributed by atoms with Crippen molar-refractivity contribution in [3.8, 4) is 0 Å². The van der Waals surface area contributed by atoms with E-state index in [1.54, 1.807) is 19.9 Å². The van der Waals surface area contributed by atoms with Crippen LogP contribution in [0.3, 0.4) is 0 Å². The molecule has 0 aromatic heterocycles. The molecule has 0 aliphatic carbocycles. The van der Waals surface area contributed by atoms with Crippen LogP contribution < -0.4 is 5.32 Å². The average Bonchev–Trinajstić information content (AvgIpc) is 2.98. The summed E-state index contributed by atoms with van der Waals surface area (Å²) in [6.45, 7) is 3.77. The number of nitro benzene ring substituents is 1. The number of hydrogen-bond donors (Lipinski definition) is 1. The molecule has 2 rings (SSSR count). The topological polar surface area (TPSA) is 120 Å². The van der Waals surface area contributed by atoms with Crippen LogP contribution in [0, 0.1) is 10.1 Å². The zero-order chi connectivity index (χ0) is 19.3. The van der Waals surface area contributed by atoms with Crippen molar-refractivity contribution in [1.29, 1.82) is 0 Å². The first-order valence-electron chi connectivity index (χ1n) is 8.15. The molecular weight excluding hydrogens is 365 g/mol. The molecule has 1 aromatic carbocycles. The number of benzene rings is 1. The molecule has 0 spiro atoms. The second-order valence-corrected chi connectivity index (χ2v) is 7.69. The Bertz CT molecular complexity index is 704. The summed E-state index contributed by atoms with van der Waals surface area (Å²) in [5, 5.41) is 14.8. The molecule has 0 unspecified atom stereocenters. The van der Waals surface area contributed by atoms with Gasteiger partial charge < -0.3 is 14.4 Å². The van der Waals surface area contributed by atoms with Crippen LogP contribution in [0.5, 0.6) is 0 Å². The lowest BCUT2D eigenvalue weighted by molar-refractivity contribution is -0.383. The van der Waals surface area contributed by atoms with Crippen LogP contribution in [0.15, 0.2) is 24.3 Å². The molecule has 11 heteroatoms. The number of amides is 1. The first kappa shape index (κ1) is 20.5. The smallest absolute Gasteiger partial charge is 0.318 e. The number of nitro groups is 1. The van der Waals surface area contributed by atoms with Gasteiger partial charge in [0.25, 0.3) is 11.6 Å². The number of nitrogens with zero attached hydrogens (tertiary/aromatic N) is 2. The second kappa shape index (κ2) is 8.70. The summed E-state index contributed by atoms with van der Waals surface area (Å²) >= 11 is 0. The lowest BCUT2D eigenvalue weighted by Crippen LogP contribution is -2.28. The van der Waals surface area contributed by atoms with E-state index in [1.165, 1.54) is 30.3 Å². The van der Waals surface area contributed by atoms with Crippen LogP contribution >= 0.6 is 7.60 Å². The molecule has 0 saturated carbocycles. The maximum atomic E-state index is 12.9. The summed E-state index contributed by atoms with van der Waals surface area (Å²) < 4.78 is 23.5. The van der Waals surface area contributed by atoms with Crippen molar-refractivity contribution in [3.63, 3.8) is 0 Å². The van der Waals surface area contributed by atoms with Crippen molar-refractivity contribution in [1.82, 2.24) is 5.06 Å². The molecule has 1 aliphatic heterocycles. The van der Waals surface area contributed by atoms with Gasteiger partial charge in [0.15, 0.2) is 6.10 Å². The normalized spacial score (nSPS) is 20.9. The van der Waals surface area contributed by atoms with E-state index >= 15 is 0 Å². The predicted octanol–water partition coefficient (Wildman–Crippen LogP) is 2.76. The van der Waals surface area contributed by atoms with E-state index < -0.39 is 30.3 Å². The highest BCUT2D eigenvalue weighted by Crippen LogP contribution is 2.57. The predicted molar refractivity (Wildman–Crippen MR) is 93.6 cm³/mol. The summed E-state index contributed by atoms with van der Waals surface area (Å²) in [5.74, 6) is -1.32. The molecule has 0 radical (unpaired) electrons. The number of para-hydroxylation sites is 2. The molecule has 1 saturated heterocycles. The van der Waals surface area contributed by atoms with E-state index in [2.05, 4.69) is 5.32 Å². The maximum Gasteiger partial charge on any atom is 0.350 e. The fourth-order valence-electron chi connectivity index (χ4n) is 2.66. The Kier molecular flexibility index (Phi) is 6.85. The molecule has 1 aromatic rings. The van der Waals surface area contributed by atoms with E-state index in [1.807, 2.05) is 0 Å². The second-order valence-electron chi connectivity index (χ2n) is 5.50. The number of hydrogen-bond acceptors (Lipinski definition) is 8. The minimum Gasteiger partial charge on any atom is -0.318 e. The van der Waals surface area contributed by atoms with Gasteiger partial charge in [-0.2, -0.15) is 5.06 Å². The number of carbonyl (C=O) groups is 1. The zero-order valence-electron chi connectivity index (χ0n) is 14.8. The van der Waals surface area contributed by atoms with Gasteiger partial charge in [0.1, 0.15) is 11.5 Å². The number of rotatable bonds is 8. The Morgan fingerprint density at radius 2 is 2.00 bits per heavy atom. The third-order valence-corrected chi connectivity index (χ3v) is 6.27. The molecule has 10 nitrogen and oxygen atoms in total. The summed E-state index contributed by atoms with van der Waals surface area (Å²) in [6, 6.07) is 5.80. The molecule has 1 amide bonds. The molecule has 1 heterocycles. The summed E-state index contributed by atoms with van der Waals surface area (Å²) in [4.78, 5) is 28.4. The number of nitrogens with one attached hydrogen (secondary N) is 1. The first-order chi connectivity index (χ1) is 12.3. The largest absolute Gasteiger partial charge is 0.350 e. The molecule has 2 atom stereocenters. The SMILES string of the molecule is CCOP(=O)(OCC)[C@H]1C[C@H](C(=O)Nc2ccccc2[N+](=O)[O-])ON1C. The van der Waals surface area contributed by atoms with E-state index in [0.29, 0.717) is 0 Å². The van der Waals surface area contributed by atoms with Gasteiger partial charge in [-0.3, -0.25) is 24.3 Å². The number of hydroxylamine groups is 2. The molecule has 1 N–H and O–H groups in total. The van der Waals surface area contributed by atoms with Crippen molar-refractivity contribution in [3.05, 3.63) is 34.4 Å². The Balaban J connectivity index is 2.13. The third-order valence-electron chi connectivity index (χ3n) is 3.77. The highest BCUT2D eigenvalue weighted by atomic mass is 31.2. The minimum absolute atomic E-state index is 0.0648. The fraction of sp³-hybridized carbons (Fsp3) is 0.533. The van der Waals surface area contributed by atoms with Gasteiger partial charge in [0.2, 0.25) is 0 Å².